The first-order valence-corrected chi connectivity index (χ1v) is 12.1. The highest BCUT2D eigenvalue weighted by molar-refractivity contribution is 9.10. The number of nitrogens with one attached hydrogen (secondary N) is 1. The Balaban J connectivity index is 0.00000259. The van der Waals surface area contributed by atoms with Gasteiger partial charge in [-0.05, 0) is 77.1 Å². The number of rotatable bonds is 6. The van der Waals surface area contributed by atoms with Gasteiger partial charge in [0.1, 0.15) is 13.2 Å². The molecule has 0 bridgehead atoms. The first-order valence-electron chi connectivity index (χ1n) is 11.3. The Labute approximate surface area is 208 Å². The topological polar surface area (TPSA) is 55.7 Å². The number of ether oxygens (including phenoxy) is 2. The van der Waals surface area contributed by atoms with Crippen molar-refractivity contribution < 1.29 is 9.47 Å². The molecule has 2 aliphatic heterocycles. The van der Waals surface area contributed by atoms with Crippen LogP contribution < -0.4 is 20.3 Å². The maximum atomic E-state index is 12.7. The minimum absolute atomic E-state index is 0. The Morgan fingerprint density at radius 1 is 0.970 bits per heavy atom. The van der Waals surface area contributed by atoms with Crippen LogP contribution in [0.2, 0.25) is 0 Å². The van der Waals surface area contributed by atoms with Crippen LogP contribution in [0.1, 0.15) is 18.4 Å². The van der Waals surface area contributed by atoms with E-state index in [0.717, 1.165) is 61.4 Å². The third kappa shape index (κ3) is 5.54. The standard InChI is InChI=1S/C25H28BrN3O3.ClH/c26-21-16-19-3-1-2-4-22(19)29(25(21)30)12-11-28-9-7-20(8-10-28)27-17-18-5-6-23-24(15-18)32-14-13-31-23;/h1-6,15-16,20,27H,7-14,17H2;1H. The van der Waals surface area contributed by atoms with Crippen molar-refractivity contribution in [3.8, 4) is 11.5 Å². The maximum Gasteiger partial charge on any atom is 0.265 e. The van der Waals surface area contributed by atoms with Gasteiger partial charge in [-0.1, -0.05) is 24.3 Å². The molecule has 2 aliphatic rings. The minimum Gasteiger partial charge on any atom is -0.486 e. The molecule has 3 aromatic rings. The highest BCUT2D eigenvalue weighted by atomic mass is 79.9. The number of para-hydroxylation sites is 1. The zero-order valence-corrected chi connectivity index (χ0v) is 20.9. The summed E-state index contributed by atoms with van der Waals surface area (Å²) in [6.07, 6.45) is 2.22. The number of aromatic nitrogens is 1. The van der Waals surface area contributed by atoms with Crippen LogP contribution in [0.25, 0.3) is 10.9 Å². The van der Waals surface area contributed by atoms with Gasteiger partial charge in [-0.3, -0.25) is 4.79 Å². The van der Waals surface area contributed by atoms with E-state index in [4.69, 9.17) is 9.47 Å². The van der Waals surface area contributed by atoms with E-state index < -0.39 is 0 Å². The molecule has 0 amide bonds. The molecule has 0 unspecified atom stereocenters. The van der Waals surface area contributed by atoms with Crippen molar-refractivity contribution in [3.05, 3.63) is 68.9 Å². The lowest BCUT2D eigenvalue weighted by Crippen LogP contribution is -2.43. The number of fused-ring (bicyclic) bond motifs is 2. The third-order valence-corrected chi connectivity index (χ3v) is 6.96. The van der Waals surface area contributed by atoms with Gasteiger partial charge in [0.15, 0.2) is 11.5 Å². The van der Waals surface area contributed by atoms with Crippen molar-refractivity contribution in [2.24, 2.45) is 0 Å². The van der Waals surface area contributed by atoms with E-state index in [0.29, 0.717) is 30.3 Å². The van der Waals surface area contributed by atoms with E-state index in [2.05, 4.69) is 44.3 Å². The Morgan fingerprint density at radius 2 is 1.73 bits per heavy atom. The van der Waals surface area contributed by atoms with Gasteiger partial charge in [-0.2, -0.15) is 0 Å². The molecule has 3 heterocycles. The van der Waals surface area contributed by atoms with Gasteiger partial charge in [0.2, 0.25) is 0 Å². The number of likely N-dealkylation sites (tertiary alicyclic amines) is 1. The molecule has 1 N–H and O–H groups in total. The molecule has 0 aliphatic carbocycles. The number of piperidine rings is 1. The summed E-state index contributed by atoms with van der Waals surface area (Å²) in [5.74, 6) is 1.69. The summed E-state index contributed by atoms with van der Waals surface area (Å²) in [7, 11) is 0. The van der Waals surface area contributed by atoms with E-state index in [1.165, 1.54) is 5.56 Å². The number of pyridine rings is 1. The molecule has 8 heteroatoms. The van der Waals surface area contributed by atoms with Gasteiger partial charge in [0.25, 0.3) is 5.56 Å². The molecule has 2 aromatic carbocycles. The van der Waals surface area contributed by atoms with Crippen molar-refractivity contribution in [1.29, 1.82) is 0 Å². The highest BCUT2D eigenvalue weighted by Crippen LogP contribution is 2.30. The number of hydrogen-bond donors (Lipinski definition) is 1. The lowest BCUT2D eigenvalue weighted by Gasteiger charge is -2.32. The van der Waals surface area contributed by atoms with Gasteiger partial charge in [0.05, 0.1) is 9.99 Å². The summed E-state index contributed by atoms with van der Waals surface area (Å²) < 4.78 is 13.8. The van der Waals surface area contributed by atoms with E-state index in [1.54, 1.807) is 0 Å². The fourth-order valence-corrected chi connectivity index (χ4v) is 5.04. The van der Waals surface area contributed by atoms with Crippen molar-refractivity contribution in [2.45, 2.75) is 32.0 Å². The van der Waals surface area contributed by atoms with Gasteiger partial charge in [-0.15, -0.1) is 12.4 Å². The van der Waals surface area contributed by atoms with E-state index in [9.17, 15) is 4.79 Å². The second-order valence-corrected chi connectivity index (χ2v) is 9.34. The average Bonchev–Trinajstić information content (AvgIpc) is 2.83. The van der Waals surface area contributed by atoms with E-state index in [-0.39, 0.29) is 18.0 Å². The molecular formula is C25H29BrClN3O3. The van der Waals surface area contributed by atoms with Crippen molar-refractivity contribution in [2.75, 3.05) is 32.8 Å². The lowest BCUT2D eigenvalue weighted by molar-refractivity contribution is 0.171. The second-order valence-electron chi connectivity index (χ2n) is 8.48. The van der Waals surface area contributed by atoms with Gasteiger partial charge in [-0.25, -0.2) is 0 Å². The maximum absolute atomic E-state index is 12.7. The molecule has 5 rings (SSSR count). The van der Waals surface area contributed by atoms with Crippen molar-refractivity contribution >= 4 is 39.2 Å². The summed E-state index contributed by atoms with van der Waals surface area (Å²) >= 11 is 3.43. The Morgan fingerprint density at radius 3 is 2.55 bits per heavy atom. The smallest absolute Gasteiger partial charge is 0.265 e. The van der Waals surface area contributed by atoms with Crippen LogP contribution in [0.15, 0.2) is 57.8 Å². The molecule has 0 atom stereocenters. The Bertz CT molecular complexity index is 1160. The molecule has 176 valence electrons. The number of hydrogen-bond acceptors (Lipinski definition) is 5. The molecule has 0 saturated carbocycles. The summed E-state index contributed by atoms with van der Waals surface area (Å²) in [6.45, 7) is 5.74. The second kappa shape index (κ2) is 10.9. The van der Waals surface area contributed by atoms with Gasteiger partial charge < -0.3 is 24.3 Å². The van der Waals surface area contributed by atoms with Crippen LogP contribution in [0.4, 0.5) is 0 Å². The number of benzene rings is 2. The molecule has 1 aromatic heterocycles. The molecule has 6 nitrogen and oxygen atoms in total. The van der Waals surface area contributed by atoms with Gasteiger partial charge >= 0.3 is 0 Å². The number of halogens is 2. The van der Waals surface area contributed by atoms with Gasteiger partial charge in [0, 0.05) is 25.7 Å². The molecule has 1 fully saturated rings. The fourth-order valence-electron chi connectivity index (χ4n) is 4.58. The SMILES string of the molecule is Cl.O=c1c(Br)cc2ccccc2n1CCN1CCC(NCc2ccc3c(c2)OCCO3)CC1. The van der Waals surface area contributed by atoms with Crippen LogP contribution in [0.5, 0.6) is 11.5 Å². The van der Waals surface area contributed by atoms with Crippen LogP contribution in [-0.2, 0) is 13.1 Å². The molecule has 0 radical (unpaired) electrons. The molecule has 1 saturated heterocycles. The average molecular weight is 535 g/mol. The molecule has 33 heavy (non-hydrogen) atoms. The van der Waals surface area contributed by atoms with Crippen LogP contribution in [-0.4, -0.2) is 48.4 Å². The summed E-state index contributed by atoms with van der Waals surface area (Å²) in [4.78, 5) is 15.2. The Hall–Kier alpha value is -2.06. The first-order chi connectivity index (χ1) is 15.7. The third-order valence-electron chi connectivity index (χ3n) is 6.39. The molecule has 0 spiro atoms. The number of nitrogens with zero attached hydrogens (tertiary/aromatic N) is 2. The highest BCUT2D eigenvalue weighted by Gasteiger charge is 2.20. The van der Waals surface area contributed by atoms with Crippen LogP contribution in [0, 0.1) is 0 Å². The monoisotopic (exact) mass is 533 g/mol. The normalized spacial score (nSPS) is 16.5. The fraction of sp³-hybridized carbons (Fsp3) is 0.400. The first kappa shape index (κ1) is 24.1. The predicted molar refractivity (Wildman–Crippen MR) is 137 cm³/mol. The quantitative estimate of drug-likeness (QED) is 0.513. The van der Waals surface area contributed by atoms with E-state index in [1.807, 2.05) is 34.9 Å². The van der Waals surface area contributed by atoms with E-state index >= 15 is 0 Å². The van der Waals surface area contributed by atoms with Crippen LogP contribution in [0.3, 0.4) is 0 Å². The van der Waals surface area contributed by atoms with Crippen molar-refractivity contribution in [3.63, 3.8) is 0 Å². The predicted octanol–water partition coefficient (Wildman–Crippen LogP) is 4.21. The summed E-state index contributed by atoms with van der Waals surface area (Å²) in [5, 5.41) is 4.78. The van der Waals surface area contributed by atoms with Crippen LogP contribution >= 0.6 is 28.3 Å². The summed E-state index contributed by atoms with van der Waals surface area (Å²) in [6, 6.07) is 16.7. The lowest BCUT2D eigenvalue weighted by atomic mass is 10.0. The zero-order valence-electron chi connectivity index (χ0n) is 18.5. The van der Waals surface area contributed by atoms with Crippen molar-refractivity contribution in [1.82, 2.24) is 14.8 Å². The minimum atomic E-state index is 0. The Kier molecular flexibility index (Phi) is 7.96. The summed E-state index contributed by atoms with van der Waals surface area (Å²) in [5.41, 5.74) is 2.26. The largest absolute Gasteiger partial charge is 0.486 e. The molecular weight excluding hydrogens is 506 g/mol. The zero-order chi connectivity index (χ0) is 21.9.